The predicted octanol–water partition coefficient (Wildman–Crippen LogP) is 0.757. The molecule has 1 aliphatic rings. The lowest BCUT2D eigenvalue weighted by Crippen LogP contribution is -2.18. The van der Waals surface area contributed by atoms with E-state index in [0.717, 1.165) is 18.6 Å². The third kappa shape index (κ3) is 2.74. The van der Waals surface area contributed by atoms with Crippen LogP contribution in [0.5, 0.6) is 0 Å². The quantitative estimate of drug-likeness (QED) is 0.611. The molecule has 1 rings (SSSR count). The molecule has 0 heterocycles. The van der Waals surface area contributed by atoms with Gasteiger partial charge in [0.1, 0.15) is 6.54 Å². The SMILES string of the molecule is CC1=C/C(=N/NCC(=O)O)CC1. The minimum atomic E-state index is -0.891. The number of rotatable bonds is 3. The summed E-state index contributed by atoms with van der Waals surface area (Å²) in [5.41, 5.74) is 4.73. The Hall–Kier alpha value is -1.32. The summed E-state index contributed by atoms with van der Waals surface area (Å²) in [7, 11) is 0. The lowest BCUT2D eigenvalue weighted by atomic mass is 10.3. The smallest absolute Gasteiger partial charge is 0.324 e. The van der Waals surface area contributed by atoms with Crippen molar-refractivity contribution in [2.75, 3.05) is 6.54 Å². The Balaban J connectivity index is 2.33. The van der Waals surface area contributed by atoms with Gasteiger partial charge in [0.2, 0.25) is 0 Å². The largest absolute Gasteiger partial charge is 0.480 e. The van der Waals surface area contributed by atoms with Gasteiger partial charge in [0.15, 0.2) is 0 Å². The number of nitrogens with zero attached hydrogens (tertiary/aromatic N) is 1. The Morgan fingerprint density at radius 1 is 1.75 bits per heavy atom. The van der Waals surface area contributed by atoms with Gasteiger partial charge < -0.3 is 5.11 Å². The minimum Gasteiger partial charge on any atom is -0.480 e. The van der Waals surface area contributed by atoms with Crippen LogP contribution >= 0.6 is 0 Å². The van der Waals surface area contributed by atoms with Crippen molar-refractivity contribution in [3.63, 3.8) is 0 Å². The number of nitrogens with one attached hydrogen (secondary N) is 1. The first-order valence-electron chi connectivity index (χ1n) is 3.87. The average molecular weight is 168 g/mol. The van der Waals surface area contributed by atoms with Crippen molar-refractivity contribution in [3.8, 4) is 0 Å². The fourth-order valence-corrected chi connectivity index (χ4v) is 1.05. The molecular weight excluding hydrogens is 156 g/mol. The third-order valence-electron chi connectivity index (χ3n) is 1.64. The summed E-state index contributed by atoms with van der Waals surface area (Å²) >= 11 is 0. The fourth-order valence-electron chi connectivity index (χ4n) is 1.05. The Morgan fingerprint density at radius 2 is 2.50 bits per heavy atom. The molecule has 0 saturated heterocycles. The van der Waals surface area contributed by atoms with Crippen LogP contribution in [-0.2, 0) is 4.79 Å². The number of hydrogen-bond donors (Lipinski definition) is 2. The first kappa shape index (κ1) is 8.77. The van der Waals surface area contributed by atoms with E-state index in [-0.39, 0.29) is 6.54 Å². The second kappa shape index (κ2) is 3.90. The minimum absolute atomic E-state index is 0.115. The van der Waals surface area contributed by atoms with E-state index in [0.29, 0.717) is 0 Å². The Kier molecular flexibility index (Phi) is 2.85. The lowest BCUT2D eigenvalue weighted by molar-refractivity contribution is -0.135. The Labute approximate surface area is 71.0 Å². The van der Waals surface area contributed by atoms with Crippen molar-refractivity contribution in [2.24, 2.45) is 5.10 Å². The molecule has 0 aliphatic heterocycles. The van der Waals surface area contributed by atoms with Gasteiger partial charge in [-0.15, -0.1) is 0 Å². The van der Waals surface area contributed by atoms with Gasteiger partial charge in [-0.25, -0.2) is 0 Å². The van der Waals surface area contributed by atoms with Crippen LogP contribution in [0.2, 0.25) is 0 Å². The molecule has 4 heteroatoms. The number of carbonyl (C=O) groups is 1. The van der Waals surface area contributed by atoms with Crippen molar-refractivity contribution in [1.82, 2.24) is 5.43 Å². The molecule has 0 saturated carbocycles. The van der Waals surface area contributed by atoms with E-state index >= 15 is 0 Å². The van der Waals surface area contributed by atoms with Crippen molar-refractivity contribution in [2.45, 2.75) is 19.8 Å². The monoisotopic (exact) mass is 168 g/mol. The first-order valence-corrected chi connectivity index (χ1v) is 3.87. The summed E-state index contributed by atoms with van der Waals surface area (Å²) < 4.78 is 0. The van der Waals surface area contributed by atoms with Gasteiger partial charge in [-0.1, -0.05) is 5.57 Å². The summed E-state index contributed by atoms with van der Waals surface area (Å²) in [6, 6.07) is 0. The van der Waals surface area contributed by atoms with Crippen LogP contribution in [0.25, 0.3) is 0 Å². The predicted molar refractivity (Wildman–Crippen MR) is 46.1 cm³/mol. The molecule has 0 aromatic rings. The second-order valence-electron chi connectivity index (χ2n) is 2.82. The number of carboxylic acids is 1. The van der Waals surface area contributed by atoms with Crippen LogP contribution in [-0.4, -0.2) is 23.3 Å². The number of hydrazone groups is 1. The van der Waals surface area contributed by atoms with E-state index in [1.54, 1.807) is 0 Å². The zero-order valence-electron chi connectivity index (χ0n) is 7.00. The van der Waals surface area contributed by atoms with E-state index < -0.39 is 5.97 Å². The van der Waals surface area contributed by atoms with Gasteiger partial charge in [-0.3, -0.25) is 10.2 Å². The molecular formula is C8H12N2O2. The van der Waals surface area contributed by atoms with E-state index in [2.05, 4.69) is 10.5 Å². The average Bonchev–Trinajstić information content (AvgIpc) is 2.35. The Bertz CT molecular complexity index is 243. The summed E-state index contributed by atoms with van der Waals surface area (Å²) in [6.45, 7) is 1.93. The van der Waals surface area contributed by atoms with Crippen LogP contribution in [0.3, 0.4) is 0 Å². The molecule has 0 unspecified atom stereocenters. The van der Waals surface area contributed by atoms with Gasteiger partial charge in [0.25, 0.3) is 0 Å². The summed E-state index contributed by atoms with van der Waals surface area (Å²) in [6.07, 6.45) is 3.93. The molecule has 0 fully saturated rings. The van der Waals surface area contributed by atoms with Crippen LogP contribution in [0.1, 0.15) is 19.8 Å². The van der Waals surface area contributed by atoms with Crippen molar-refractivity contribution in [1.29, 1.82) is 0 Å². The van der Waals surface area contributed by atoms with Crippen LogP contribution in [0.4, 0.5) is 0 Å². The summed E-state index contributed by atoms with van der Waals surface area (Å²) in [4.78, 5) is 10.1. The van der Waals surface area contributed by atoms with Gasteiger partial charge in [-0.05, 0) is 25.8 Å². The molecule has 0 spiro atoms. The highest BCUT2D eigenvalue weighted by Gasteiger charge is 2.05. The molecule has 0 radical (unpaired) electrons. The van der Waals surface area contributed by atoms with Crippen molar-refractivity contribution >= 4 is 11.7 Å². The maximum atomic E-state index is 10.1. The van der Waals surface area contributed by atoms with Crippen molar-refractivity contribution in [3.05, 3.63) is 11.6 Å². The highest BCUT2D eigenvalue weighted by molar-refractivity contribution is 5.97. The van der Waals surface area contributed by atoms with Crippen LogP contribution < -0.4 is 5.43 Å². The van der Waals surface area contributed by atoms with Crippen molar-refractivity contribution < 1.29 is 9.90 Å². The van der Waals surface area contributed by atoms with Crippen LogP contribution in [0, 0.1) is 0 Å². The molecule has 2 N–H and O–H groups in total. The van der Waals surface area contributed by atoms with Crippen LogP contribution in [0.15, 0.2) is 16.8 Å². The normalized spacial score (nSPS) is 19.4. The molecule has 0 atom stereocenters. The topological polar surface area (TPSA) is 61.7 Å². The number of hydrogen-bond acceptors (Lipinski definition) is 3. The van der Waals surface area contributed by atoms with Gasteiger partial charge in [0.05, 0.1) is 5.71 Å². The molecule has 66 valence electrons. The zero-order chi connectivity index (χ0) is 8.97. The summed E-state index contributed by atoms with van der Waals surface area (Å²) in [5, 5.41) is 12.2. The van der Waals surface area contributed by atoms with Gasteiger partial charge in [-0.2, -0.15) is 5.10 Å². The zero-order valence-corrected chi connectivity index (χ0v) is 7.00. The maximum Gasteiger partial charge on any atom is 0.324 e. The second-order valence-corrected chi connectivity index (χ2v) is 2.82. The fraction of sp³-hybridized carbons (Fsp3) is 0.500. The highest BCUT2D eigenvalue weighted by atomic mass is 16.4. The third-order valence-corrected chi connectivity index (χ3v) is 1.64. The molecule has 0 aromatic carbocycles. The maximum absolute atomic E-state index is 10.1. The lowest BCUT2D eigenvalue weighted by Gasteiger charge is -1.95. The number of aliphatic carboxylic acids is 1. The van der Waals surface area contributed by atoms with E-state index in [4.69, 9.17) is 5.11 Å². The molecule has 4 nitrogen and oxygen atoms in total. The van der Waals surface area contributed by atoms with E-state index in [1.165, 1.54) is 5.57 Å². The van der Waals surface area contributed by atoms with E-state index in [1.807, 2.05) is 13.0 Å². The molecule has 12 heavy (non-hydrogen) atoms. The first-order chi connectivity index (χ1) is 5.68. The molecule has 0 amide bonds. The standard InChI is InChI=1S/C8H12N2O2/c1-6-2-3-7(4-6)10-9-5-8(11)12/h4,9H,2-3,5H2,1H3,(H,11,12)/b10-7+. The molecule has 0 aromatic heterocycles. The Morgan fingerprint density at radius 3 is 3.00 bits per heavy atom. The summed E-state index contributed by atoms with van der Waals surface area (Å²) in [5.74, 6) is -0.891. The van der Waals surface area contributed by atoms with Gasteiger partial charge >= 0.3 is 5.97 Å². The highest BCUT2D eigenvalue weighted by Crippen LogP contribution is 2.13. The molecule has 1 aliphatic carbocycles. The number of allylic oxidation sites excluding steroid dienone is 2. The molecule has 0 bridgehead atoms. The van der Waals surface area contributed by atoms with Gasteiger partial charge in [0, 0.05) is 0 Å². The number of carboxylic acid groups (broad SMARTS) is 1. The van der Waals surface area contributed by atoms with E-state index in [9.17, 15) is 4.79 Å².